The molecule has 2 aromatic rings. The van der Waals surface area contributed by atoms with Crippen LogP contribution >= 0.6 is 0 Å². The summed E-state index contributed by atoms with van der Waals surface area (Å²) in [6, 6.07) is 5.37. The van der Waals surface area contributed by atoms with Crippen LogP contribution in [0.4, 0.5) is 22.0 Å². The molecular formula is C18H14F5NO2. The van der Waals surface area contributed by atoms with E-state index < -0.39 is 35.4 Å². The SMILES string of the molecule is NC(C/C=C(\c1ccc(C(F)(F)F)cc1)c1ccc(F)cc1F)C(=O)O. The minimum atomic E-state index is -4.53. The molecule has 0 spiro atoms. The number of rotatable bonds is 5. The Kier molecular flexibility index (Phi) is 5.76. The van der Waals surface area contributed by atoms with Crippen LogP contribution in [0.3, 0.4) is 0 Å². The van der Waals surface area contributed by atoms with Crippen molar-refractivity contribution in [3.05, 3.63) is 76.9 Å². The van der Waals surface area contributed by atoms with Gasteiger partial charge >= 0.3 is 12.1 Å². The summed E-state index contributed by atoms with van der Waals surface area (Å²) < 4.78 is 65.4. The molecular weight excluding hydrogens is 357 g/mol. The van der Waals surface area contributed by atoms with Gasteiger partial charge in [-0.05, 0) is 41.8 Å². The minimum absolute atomic E-state index is 0.0799. The third-order valence-corrected chi connectivity index (χ3v) is 3.64. The van der Waals surface area contributed by atoms with Gasteiger partial charge in [-0.3, -0.25) is 4.79 Å². The lowest BCUT2D eigenvalue weighted by molar-refractivity contribution is -0.139. The fourth-order valence-corrected chi connectivity index (χ4v) is 2.28. The Labute approximate surface area is 145 Å². The van der Waals surface area contributed by atoms with Crippen LogP contribution < -0.4 is 5.73 Å². The summed E-state index contributed by atoms with van der Waals surface area (Å²) in [6.45, 7) is 0. The van der Waals surface area contributed by atoms with Gasteiger partial charge in [0, 0.05) is 11.6 Å². The molecule has 1 unspecified atom stereocenters. The smallest absolute Gasteiger partial charge is 0.416 e. The van der Waals surface area contributed by atoms with Crippen molar-refractivity contribution in [3.8, 4) is 0 Å². The molecule has 0 bridgehead atoms. The summed E-state index contributed by atoms with van der Waals surface area (Å²) >= 11 is 0. The summed E-state index contributed by atoms with van der Waals surface area (Å²) in [4.78, 5) is 10.8. The number of carboxylic acids is 1. The lowest BCUT2D eigenvalue weighted by atomic mass is 9.94. The molecule has 0 saturated carbocycles. The molecule has 26 heavy (non-hydrogen) atoms. The van der Waals surface area contributed by atoms with Gasteiger partial charge in [0.1, 0.15) is 17.7 Å². The Morgan fingerprint density at radius 3 is 2.23 bits per heavy atom. The van der Waals surface area contributed by atoms with Crippen molar-refractivity contribution >= 4 is 11.5 Å². The van der Waals surface area contributed by atoms with Crippen LogP contribution in [-0.4, -0.2) is 17.1 Å². The number of aliphatic carboxylic acids is 1. The second kappa shape index (κ2) is 7.65. The lowest BCUT2D eigenvalue weighted by Crippen LogP contribution is -2.29. The number of nitrogens with two attached hydrogens (primary N) is 1. The van der Waals surface area contributed by atoms with Gasteiger partial charge in [-0.15, -0.1) is 0 Å². The van der Waals surface area contributed by atoms with Crippen molar-refractivity contribution in [2.24, 2.45) is 5.73 Å². The highest BCUT2D eigenvalue weighted by Gasteiger charge is 2.30. The highest BCUT2D eigenvalue weighted by atomic mass is 19.4. The maximum atomic E-state index is 14.1. The molecule has 0 aliphatic rings. The Morgan fingerprint density at radius 1 is 1.12 bits per heavy atom. The summed E-state index contributed by atoms with van der Waals surface area (Å²) in [6.07, 6.45) is -3.42. The summed E-state index contributed by atoms with van der Waals surface area (Å²) in [5.41, 5.74) is 4.78. The van der Waals surface area contributed by atoms with Gasteiger partial charge in [0.05, 0.1) is 5.56 Å². The zero-order chi connectivity index (χ0) is 19.5. The quantitative estimate of drug-likeness (QED) is 0.774. The number of hydrogen-bond acceptors (Lipinski definition) is 2. The predicted octanol–water partition coefficient (Wildman–Crippen LogP) is 4.22. The van der Waals surface area contributed by atoms with Crippen LogP contribution in [0.15, 0.2) is 48.5 Å². The summed E-state index contributed by atoms with van der Waals surface area (Å²) in [7, 11) is 0. The number of alkyl halides is 3. The average Bonchev–Trinajstić information content (AvgIpc) is 2.55. The normalized spacial score (nSPS) is 13.5. The van der Waals surface area contributed by atoms with E-state index in [2.05, 4.69) is 0 Å². The van der Waals surface area contributed by atoms with Gasteiger partial charge < -0.3 is 10.8 Å². The van der Waals surface area contributed by atoms with Gasteiger partial charge in [0.25, 0.3) is 0 Å². The summed E-state index contributed by atoms with van der Waals surface area (Å²) in [5, 5.41) is 8.85. The zero-order valence-electron chi connectivity index (χ0n) is 13.2. The molecule has 2 rings (SSSR count). The molecule has 8 heteroatoms. The monoisotopic (exact) mass is 371 g/mol. The molecule has 0 saturated heterocycles. The first-order chi connectivity index (χ1) is 12.1. The molecule has 0 radical (unpaired) electrons. The van der Waals surface area contributed by atoms with Crippen LogP contribution in [0.1, 0.15) is 23.1 Å². The first kappa shape index (κ1) is 19.6. The molecule has 0 heterocycles. The van der Waals surface area contributed by atoms with Crippen LogP contribution in [0.5, 0.6) is 0 Å². The first-order valence-electron chi connectivity index (χ1n) is 7.41. The van der Waals surface area contributed by atoms with Crippen molar-refractivity contribution in [2.45, 2.75) is 18.6 Å². The predicted molar refractivity (Wildman–Crippen MR) is 85.1 cm³/mol. The molecule has 3 nitrogen and oxygen atoms in total. The van der Waals surface area contributed by atoms with E-state index in [-0.39, 0.29) is 23.1 Å². The second-order valence-corrected chi connectivity index (χ2v) is 5.50. The topological polar surface area (TPSA) is 63.3 Å². The van der Waals surface area contributed by atoms with E-state index in [1.807, 2.05) is 0 Å². The standard InChI is InChI=1S/C18H14F5NO2/c19-12-5-6-14(15(20)9-12)13(7-8-16(24)17(25)26)10-1-3-11(4-2-10)18(21,22)23/h1-7,9,16H,8,24H2,(H,25,26)/b13-7+. The first-order valence-corrected chi connectivity index (χ1v) is 7.41. The number of halogens is 5. The number of carboxylic acid groups (broad SMARTS) is 1. The van der Waals surface area contributed by atoms with Crippen LogP contribution in [0.25, 0.3) is 5.57 Å². The van der Waals surface area contributed by atoms with E-state index in [1.165, 1.54) is 6.08 Å². The zero-order valence-corrected chi connectivity index (χ0v) is 13.2. The Hall–Kier alpha value is -2.74. The lowest BCUT2D eigenvalue weighted by Gasteiger charge is -2.13. The van der Waals surface area contributed by atoms with E-state index in [0.29, 0.717) is 6.07 Å². The Balaban J connectivity index is 2.50. The fourth-order valence-electron chi connectivity index (χ4n) is 2.28. The maximum Gasteiger partial charge on any atom is 0.416 e. The van der Waals surface area contributed by atoms with Crippen molar-refractivity contribution in [3.63, 3.8) is 0 Å². The van der Waals surface area contributed by atoms with Gasteiger partial charge in [-0.25, -0.2) is 8.78 Å². The molecule has 2 aromatic carbocycles. The average molecular weight is 371 g/mol. The maximum absolute atomic E-state index is 14.1. The van der Waals surface area contributed by atoms with E-state index in [0.717, 1.165) is 36.4 Å². The van der Waals surface area contributed by atoms with Crippen molar-refractivity contribution in [2.75, 3.05) is 0 Å². The third kappa shape index (κ3) is 4.66. The van der Waals surface area contributed by atoms with Crippen LogP contribution in [-0.2, 0) is 11.0 Å². The minimum Gasteiger partial charge on any atom is -0.480 e. The van der Waals surface area contributed by atoms with E-state index in [4.69, 9.17) is 10.8 Å². The number of hydrogen-bond donors (Lipinski definition) is 2. The summed E-state index contributed by atoms with van der Waals surface area (Å²) in [5.74, 6) is -3.03. The third-order valence-electron chi connectivity index (χ3n) is 3.64. The number of carbonyl (C=O) groups is 1. The van der Waals surface area contributed by atoms with Gasteiger partial charge in [0.15, 0.2) is 0 Å². The molecule has 0 aliphatic carbocycles. The van der Waals surface area contributed by atoms with Crippen molar-refractivity contribution in [1.82, 2.24) is 0 Å². The fraction of sp³-hybridized carbons (Fsp3) is 0.167. The molecule has 0 aromatic heterocycles. The molecule has 3 N–H and O–H groups in total. The van der Waals surface area contributed by atoms with Gasteiger partial charge in [0.2, 0.25) is 0 Å². The van der Waals surface area contributed by atoms with E-state index in [1.54, 1.807) is 0 Å². The molecule has 1 atom stereocenters. The largest absolute Gasteiger partial charge is 0.480 e. The highest BCUT2D eigenvalue weighted by molar-refractivity contribution is 5.81. The molecule has 0 aliphatic heterocycles. The van der Waals surface area contributed by atoms with E-state index >= 15 is 0 Å². The van der Waals surface area contributed by atoms with Crippen molar-refractivity contribution in [1.29, 1.82) is 0 Å². The molecule has 0 amide bonds. The van der Waals surface area contributed by atoms with Gasteiger partial charge in [-0.2, -0.15) is 13.2 Å². The van der Waals surface area contributed by atoms with Crippen molar-refractivity contribution < 1.29 is 31.9 Å². The number of benzene rings is 2. The van der Waals surface area contributed by atoms with Crippen LogP contribution in [0.2, 0.25) is 0 Å². The Morgan fingerprint density at radius 2 is 1.73 bits per heavy atom. The molecule has 138 valence electrons. The van der Waals surface area contributed by atoms with Gasteiger partial charge in [-0.1, -0.05) is 18.2 Å². The molecule has 0 fully saturated rings. The highest BCUT2D eigenvalue weighted by Crippen LogP contribution is 2.32. The van der Waals surface area contributed by atoms with E-state index in [9.17, 15) is 26.7 Å². The van der Waals surface area contributed by atoms with Crippen LogP contribution in [0, 0.1) is 11.6 Å². The Bertz CT molecular complexity index is 828. The second-order valence-electron chi connectivity index (χ2n) is 5.50.